The van der Waals surface area contributed by atoms with Gasteiger partial charge in [0.1, 0.15) is 0 Å². The number of fused-ring (bicyclic) bond motifs is 5. The summed E-state index contributed by atoms with van der Waals surface area (Å²) in [5.41, 5.74) is 21.0. The van der Waals surface area contributed by atoms with E-state index in [9.17, 15) is 0 Å². The molecule has 3 aliphatic rings. The molecule has 0 saturated carbocycles. The van der Waals surface area contributed by atoms with Gasteiger partial charge in [-0.3, -0.25) is 0 Å². The lowest BCUT2D eigenvalue weighted by atomic mass is 9.67. The van der Waals surface area contributed by atoms with Crippen molar-refractivity contribution in [2.45, 2.75) is 43.4 Å². The maximum absolute atomic E-state index is 4.12. The van der Waals surface area contributed by atoms with Crippen LogP contribution in [0.1, 0.15) is 82.5 Å². The van der Waals surface area contributed by atoms with Gasteiger partial charge in [0.25, 0.3) is 0 Å². The van der Waals surface area contributed by atoms with Crippen molar-refractivity contribution in [2.75, 3.05) is 5.32 Å². The zero-order valence-electron chi connectivity index (χ0n) is 35.2. The highest BCUT2D eigenvalue weighted by Crippen LogP contribution is 2.57. The zero-order chi connectivity index (χ0) is 41.8. The van der Waals surface area contributed by atoms with E-state index in [0.717, 1.165) is 30.6 Å². The fourth-order valence-corrected chi connectivity index (χ4v) is 11.0. The van der Waals surface area contributed by atoms with Crippen molar-refractivity contribution >= 4 is 27.7 Å². The van der Waals surface area contributed by atoms with Crippen molar-refractivity contribution in [3.63, 3.8) is 0 Å². The molecule has 8 aromatic rings. The second kappa shape index (κ2) is 15.4. The number of allylic oxidation sites excluding steroid dienone is 6. The summed E-state index contributed by atoms with van der Waals surface area (Å²) in [6.07, 6.45) is 14.1. The van der Waals surface area contributed by atoms with Gasteiger partial charge in [0.2, 0.25) is 0 Å². The van der Waals surface area contributed by atoms with E-state index in [1.54, 1.807) is 0 Å². The molecule has 2 atom stereocenters. The van der Waals surface area contributed by atoms with Gasteiger partial charge in [0.15, 0.2) is 0 Å². The molecule has 0 aromatic heterocycles. The Morgan fingerprint density at radius 1 is 0.629 bits per heavy atom. The summed E-state index contributed by atoms with van der Waals surface area (Å²) in [6, 6.07) is 63.9. The molecule has 298 valence electrons. The van der Waals surface area contributed by atoms with Crippen molar-refractivity contribution in [1.29, 1.82) is 0 Å². The number of benzene rings is 8. The molecule has 8 aromatic carbocycles. The van der Waals surface area contributed by atoms with Crippen LogP contribution in [0.4, 0.5) is 11.4 Å². The van der Waals surface area contributed by atoms with Crippen LogP contribution < -0.4 is 5.32 Å². The van der Waals surface area contributed by atoms with Crippen molar-refractivity contribution in [2.24, 2.45) is 0 Å². The first-order valence-corrected chi connectivity index (χ1v) is 22.2. The summed E-state index contributed by atoms with van der Waals surface area (Å²) in [5, 5.41) is 6.66. The summed E-state index contributed by atoms with van der Waals surface area (Å²) < 4.78 is 0. The van der Waals surface area contributed by atoms with Gasteiger partial charge in [-0.2, -0.15) is 0 Å². The third-order valence-electron chi connectivity index (χ3n) is 13.9. The van der Waals surface area contributed by atoms with Crippen LogP contribution in [0.3, 0.4) is 0 Å². The minimum atomic E-state index is -0.493. The van der Waals surface area contributed by atoms with Crippen LogP contribution in [0.2, 0.25) is 0 Å². The summed E-state index contributed by atoms with van der Waals surface area (Å²) in [6.45, 7) is 10.5. The van der Waals surface area contributed by atoms with E-state index in [-0.39, 0.29) is 11.8 Å². The van der Waals surface area contributed by atoms with E-state index in [0.29, 0.717) is 0 Å². The monoisotopic (exact) mass is 795 g/mol. The highest BCUT2D eigenvalue weighted by molar-refractivity contribution is 6.09. The van der Waals surface area contributed by atoms with Crippen LogP contribution in [0, 0.1) is 0 Å². The highest BCUT2D eigenvalue weighted by Gasteiger charge is 2.46. The Kier molecular flexibility index (Phi) is 9.35. The molecule has 1 nitrogen and oxygen atoms in total. The molecule has 0 amide bonds. The van der Waals surface area contributed by atoms with Gasteiger partial charge in [-0.05, 0) is 138 Å². The normalized spacial score (nSPS) is 15.8. The predicted molar refractivity (Wildman–Crippen MR) is 263 cm³/mol. The molecule has 0 saturated heterocycles. The van der Waals surface area contributed by atoms with E-state index in [1.807, 2.05) is 12.2 Å². The first-order chi connectivity index (χ1) is 30.6. The summed E-state index contributed by atoms with van der Waals surface area (Å²) >= 11 is 0. The molecule has 0 heterocycles. The Balaban J connectivity index is 1.15. The van der Waals surface area contributed by atoms with E-state index in [2.05, 4.69) is 213 Å². The molecule has 1 N–H and O–H groups in total. The average molecular weight is 796 g/mol. The minimum Gasteiger partial charge on any atom is -0.355 e. The van der Waals surface area contributed by atoms with Gasteiger partial charge in [-0.1, -0.05) is 177 Å². The molecule has 0 fully saturated rings. The minimum absolute atomic E-state index is 0.201. The van der Waals surface area contributed by atoms with Gasteiger partial charge in [-0.25, -0.2) is 0 Å². The smallest absolute Gasteiger partial charge is 0.0713 e. The molecular weight excluding hydrogens is 747 g/mol. The Hall–Kier alpha value is -7.22. The van der Waals surface area contributed by atoms with Crippen LogP contribution in [-0.2, 0) is 5.41 Å². The van der Waals surface area contributed by atoms with Gasteiger partial charge < -0.3 is 5.32 Å². The third-order valence-corrected chi connectivity index (χ3v) is 13.9. The van der Waals surface area contributed by atoms with Crippen molar-refractivity contribution in [3.05, 3.63) is 258 Å². The first kappa shape index (κ1) is 37.8. The number of anilines is 2. The maximum atomic E-state index is 4.12. The van der Waals surface area contributed by atoms with Crippen molar-refractivity contribution in [1.82, 2.24) is 0 Å². The van der Waals surface area contributed by atoms with E-state index < -0.39 is 5.41 Å². The second-order valence-electron chi connectivity index (χ2n) is 17.2. The van der Waals surface area contributed by atoms with Crippen molar-refractivity contribution in [3.8, 4) is 33.4 Å². The molecule has 3 aliphatic carbocycles. The Bertz CT molecular complexity index is 3080. The predicted octanol–water partition coefficient (Wildman–Crippen LogP) is 16.3. The third kappa shape index (κ3) is 5.91. The largest absolute Gasteiger partial charge is 0.355 e. The summed E-state index contributed by atoms with van der Waals surface area (Å²) in [7, 11) is 0. The molecule has 0 aliphatic heterocycles. The van der Waals surface area contributed by atoms with Crippen LogP contribution in [0.25, 0.3) is 49.7 Å². The molecule has 11 rings (SSSR count). The summed E-state index contributed by atoms with van der Waals surface area (Å²) in [5.74, 6) is 0.433. The lowest BCUT2D eigenvalue weighted by Gasteiger charge is -2.34. The Labute approximate surface area is 366 Å². The maximum Gasteiger partial charge on any atom is 0.0713 e. The van der Waals surface area contributed by atoms with Gasteiger partial charge in [0.05, 0.1) is 5.41 Å². The number of hydrogen-bond donors (Lipinski definition) is 1. The molecule has 0 spiro atoms. The fourth-order valence-electron chi connectivity index (χ4n) is 11.0. The topological polar surface area (TPSA) is 12.0 Å². The fraction of sp³-hybridized carbons (Fsp3) is 0.115. The number of hydrogen-bond acceptors (Lipinski definition) is 1. The van der Waals surface area contributed by atoms with E-state index >= 15 is 0 Å². The molecule has 2 unspecified atom stereocenters. The Morgan fingerprint density at radius 3 is 2.08 bits per heavy atom. The average Bonchev–Trinajstić information content (AvgIpc) is 3.64. The van der Waals surface area contributed by atoms with Crippen LogP contribution >= 0.6 is 0 Å². The van der Waals surface area contributed by atoms with Gasteiger partial charge in [-0.15, -0.1) is 13.2 Å². The number of rotatable bonds is 10. The molecule has 62 heavy (non-hydrogen) atoms. The Morgan fingerprint density at radius 2 is 1.35 bits per heavy atom. The van der Waals surface area contributed by atoms with Crippen LogP contribution in [0.5, 0.6) is 0 Å². The highest BCUT2D eigenvalue weighted by atomic mass is 14.9. The quantitative estimate of drug-likeness (QED) is 0.136. The molecule has 0 bridgehead atoms. The lowest BCUT2D eigenvalue weighted by Crippen LogP contribution is -2.28. The molecule has 1 heteroatoms. The summed E-state index contributed by atoms with van der Waals surface area (Å²) in [4.78, 5) is 0. The van der Waals surface area contributed by atoms with Crippen molar-refractivity contribution < 1.29 is 0 Å². The standard InChI is InChI=1S/C61H49N/c1-4-18-41(5-2)42-31-34-48(35-32-42)62-58-39-55-53(40(3)49-28-17-21-44-33-36-50(60(55)59(44)49)43-19-8-6-9-20-43)38-54(58)45-22-16-25-47(37-45)61(46-23-10-7-11-24-46)56-29-14-12-26-51(56)52-27-13-15-30-57(52)61/h4-5,7-8,10-17,19-41,62H,1-2,6,9,18H2,3H3. The van der Waals surface area contributed by atoms with E-state index in [1.165, 1.54) is 94.2 Å². The molecule has 0 radical (unpaired) electrons. The van der Waals surface area contributed by atoms with E-state index in [4.69, 9.17) is 0 Å². The zero-order valence-corrected chi connectivity index (χ0v) is 35.2. The number of nitrogens with one attached hydrogen (secondary N) is 1. The van der Waals surface area contributed by atoms with Gasteiger partial charge >= 0.3 is 0 Å². The second-order valence-corrected chi connectivity index (χ2v) is 17.2. The lowest BCUT2D eigenvalue weighted by molar-refractivity contribution is 0.769. The molecular formula is C61H49N. The SMILES string of the molecule is C=CCC(C=C)c1ccc(Nc2cc3c(cc2-c2cccc(C4(c5ccccc5)c5ccccc5-c5ccccc54)c2)C(C)c2cccc4ccc(C5=CCCC=C5)c-3c24)cc1. The first-order valence-electron chi connectivity index (χ1n) is 22.2. The van der Waals surface area contributed by atoms with Gasteiger partial charge in [0, 0.05) is 28.8 Å². The van der Waals surface area contributed by atoms with Crippen LogP contribution in [-0.4, -0.2) is 0 Å². The van der Waals surface area contributed by atoms with Crippen LogP contribution in [0.15, 0.2) is 213 Å².